The van der Waals surface area contributed by atoms with Gasteiger partial charge in [0.15, 0.2) is 5.76 Å². The molecular formula is C14H17N3O5S. The van der Waals surface area contributed by atoms with Gasteiger partial charge >= 0.3 is 0 Å². The van der Waals surface area contributed by atoms with Crippen molar-refractivity contribution in [1.82, 2.24) is 9.88 Å². The molecule has 0 aromatic carbocycles. The lowest BCUT2D eigenvalue weighted by Crippen LogP contribution is -2.35. The van der Waals surface area contributed by atoms with Crippen LogP contribution in [0.4, 0.5) is 0 Å². The molecule has 23 heavy (non-hydrogen) atoms. The standard InChI is InChI=1S/C14H17N3O5S/c1-9-11(16-14(22-9)12-3-2-6-21-12)7-13(18)17-5-4-10(8-17)23(15,19)20/h2-3,6,10H,4-5,7-8H2,1H3,(H2,15,19,20). The molecule has 0 aliphatic carbocycles. The molecule has 3 heterocycles. The first-order chi connectivity index (χ1) is 10.8. The van der Waals surface area contributed by atoms with Crippen molar-refractivity contribution < 1.29 is 22.0 Å². The number of rotatable bonds is 4. The molecule has 1 unspecified atom stereocenters. The fourth-order valence-electron chi connectivity index (χ4n) is 2.58. The zero-order chi connectivity index (χ0) is 16.6. The molecule has 1 amide bonds. The maximum atomic E-state index is 12.3. The second-order valence-corrected chi connectivity index (χ2v) is 7.36. The number of furan rings is 1. The lowest BCUT2D eigenvalue weighted by atomic mass is 10.2. The first-order valence-corrected chi connectivity index (χ1v) is 8.75. The number of aromatic nitrogens is 1. The minimum atomic E-state index is -3.62. The van der Waals surface area contributed by atoms with E-state index < -0.39 is 15.3 Å². The van der Waals surface area contributed by atoms with Crippen molar-refractivity contribution in [1.29, 1.82) is 0 Å². The van der Waals surface area contributed by atoms with Crippen molar-refractivity contribution in [3.63, 3.8) is 0 Å². The molecule has 2 aromatic rings. The zero-order valence-corrected chi connectivity index (χ0v) is 13.4. The summed E-state index contributed by atoms with van der Waals surface area (Å²) in [5.41, 5.74) is 0.514. The van der Waals surface area contributed by atoms with Gasteiger partial charge in [0.2, 0.25) is 15.9 Å². The van der Waals surface area contributed by atoms with E-state index >= 15 is 0 Å². The normalized spacial score (nSPS) is 18.5. The Bertz CT molecular complexity index is 810. The largest absolute Gasteiger partial charge is 0.459 e. The molecule has 1 saturated heterocycles. The lowest BCUT2D eigenvalue weighted by molar-refractivity contribution is -0.129. The summed E-state index contributed by atoms with van der Waals surface area (Å²) in [6.45, 7) is 2.22. The van der Waals surface area contributed by atoms with Crippen LogP contribution < -0.4 is 5.14 Å². The van der Waals surface area contributed by atoms with Gasteiger partial charge in [0.25, 0.3) is 5.89 Å². The van der Waals surface area contributed by atoms with Crippen LogP contribution >= 0.6 is 0 Å². The van der Waals surface area contributed by atoms with Crippen LogP contribution in [-0.4, -0.2) is 42.5 Å². The number of carbonyl (C=O) groups is 1. The Kier molecular flexibility index (Phi) is 3.99. The van der Waals surface area contributed by atoms with Gasteiger partial charge in [-0.3, -0.25) is 4.79 Å². The maximum Gasteiger partial charge on any atom is 0.263 e. The third kappa shape index (κ3) is 3.30. The van der Waals surface area contributed by atoms with E-state index in [2.05, 4.69) is 4.98 Å². The van der Waals surface area contributed by atoms with Crippen LogP contribution in [0.2, 0.25) is 0 Å². The molecule has 0 saturated carbocycles. The van der Waals surface area contributed by atoms with Crippen LogP contribution in [0.3, 0.4) is 0 Å². The van der Waals surface area contributed by atoms with E-state index in [9.17, 15) is 13.2 Å². The SMILES string of the molecule is Cc1oc(-c2ccco2)nc1CC(=O)N1CCC(S(N)(=O)=O)C1. The van der Waals surface area contributed by atoms with E-state index in [0.29, 0.717) is 36.1 Å². The van der Waals surface area contributed by atoms with Gasteiger partial charge in [-0.2, -0.15) is 0 Å². The van der Waals surface area contributed by atoms with Gasteiger partial charge in [-0.1, -0.05) is 0 Å². The van der Waals surface area contributed by atoms with E-state index in [0.717, 1.165) is 0 Å². The Balaban J connectivity index is 1.69. The van der Waals surface area contributed by atoms with Crippen LogP contribution in [0, 0.1) is 6.92 Å². The molecule has 0 radical (unpaired) electrons. The number of sulfonamides is 1. The summed E-state index contributed by atoms with van der Waals surface area (Å²) in [4.78, 5) is 18.1. The van der Waals surface area contributed by atoms with Crippen molar-refractivity contribution in [2.24, 2.45) is 5.14 Å². The summed E-state index contributed by atoms with van der Waals surface area (Å²) >= 11 is 0. The Morgan fingerprint density at radius 2 is 2.30 bits per heavy atom. The molecule has 9 heteroatoms. The Morgan fingerprint density at radius 1 is 1.52 bits per heavy atom. The number of primary sulfonamides is 1. The van der Waals surface area contributed by atoms with Crippen LogP contribution in [0.5, 0.6) is 0 Å². The number of carbonyl (C=O) groups excluding carboxylic acids is 1. The fourth-order valence-corrected chi connectivity index (χ4v) is 3.40. The molecule has 2 N–H and O–H groups in total. The van der Waals surface area contributed by atoms with Crippen molar-refractivity contribution >= 4 is 15.9 Å². The maximum absolute atomic E-state index is 12.3. The first-order valence-electron chi connectivity index (χ1n) is 7.14. The number of hydrogen-bond acceptors (Lipinski definition) is 6. The van der Waals surface area contributed by atoms with E-state index in [1.807, 2.05) is 0 Å². The first kappa shape index (κ1) is 15.8. The van der Waals surface area contributed by atoms with E-state index in [1.165, 1.54) is 11.2 Å². The molecule has 1 atom stereocenters. The van der Waals surface area contributed by atoms with Gasteiger partial charge in [-0.25, -0.2) is 18.5 Å². The van der Waals surface area contributed by atoms with E-state index in [4.69, 9.17) is 14.0 Å². The van der Waals surface area contributed by atoms with Gasteiger partial charge in [0, 0.05) is 13.1 Å². The molecule has 8 nitrogen and oxygen atoms in total. The quantitative estimate of drug-likeness (QED) is 0.874. The Labute approximate surface area is 133 Å². The third-order valence-corrected chi connectivity index (χ3v) is 5.22. The highest BCUT2D eigenvalue weighted by Crippen LogP contribution is 2.23. The molecular weight excluding hydrogens is 322 g/mol. The van der Waals surface area contributed by atoms with Crippen molar-refractivity contribution in [3.8, 4) is 11.7 Å². The summed E-state index contributed by atoms with van der Waals surface area (Å²) < 4.78 is 33.4. The molecule has 1 aliphatic heterocycles. The minimum absolute atomic E-state index is 0.0490. The summed E-state index contributed by atoms with van der Waals surface area (Å²) in [7, 11) is -3.62. The van der Waals surface area contributed by atoms with Crippen LogP contribution in [0.25, 0.3) is 11.7 Å². The smallest absolute Gasteiger partial charge is 0.263 e. The highest BCUT2D eigenvalue weighted by Gasteiger charge is 2.33. The molecule has 2 aromatic heterocycles. The lowest BCUT2D eigenvalue weighted by Gasteiger charge is -2.15. The highest BCUT2D eigenvalue weighted by atomic mass is 32.2. The minimum Gasteiger partial charge on any atom is -0.459 e. The molecule has 3 rings (SSSR count). The van der Waals surface area contributed by atoms with Crippen LogP contribution in [0.15, 0.2) is 27.2 Å². The number of aryl methyl sites for hydroxylation is 1. The van der Waals surface area contributed by atoms with Crippen molar-refractivity contribution in [3.05, 3.63) is 29.9 Å². The Morgan fingerprint density at radius 3 is 2.91 bits per heavy atom. The van der Waals surface area contributed by atoms with E-state index in [-0.39, 0.29) is 18.9 Å². The monoisotopic (exact) mass is 339 g/mol. The van der Waals surface area contributed by atoms with Gasteiger partial charge in [-0.05, 0) is 25.5 Å². The summed E-state index contributed by atoms with van der Waals surface area (Å²) in [5.74, 6) is 1.15. The highest BCUT2D eigenvalue weighted by molar-refractivity contribution is 7.89. The number of hydrogen-bond donors (Lipinski definition) is 1. The van der Waals surface area contributed by atoms with Crippen LogP contribution in [0.1, 0.15) is 17.9 Å². The fraction of sp³-hybridized carbons (Fsp3) is 0.429. The summed E-state index contributed by atoms with van der Waals surface area (Å²) in [6, 6.07) is 3.44. The number of oxazole rings is 1. The van der Waals surface area contributed by atoms with Gasteiger partial charge < -0.3 is 13.7 Å². The zero-order valence-electron chi connectivity index (χ0n) is 12.6. The average Bonchev–Trinajstić information content (AvgIpc) is 3.17. The van der Waals surface area contributed by atoms with Gasteiger partial charge in [0.05, 0.1) is 23.6 Å². The number of likely N-dealkylation sites (tertiary alicyclic amines) is 1. The molecule has 0 bridgehead atoms. The predicted molar refractivity (Wildman–Crippen MR) is 80.7 cm³/mol. The summed E-state index contributed by atoms with van der Waals surface area (Å²) in [5, 5.41) is 4.44. The molecule has 1 aliphatic rings. The predicted octanol–water partition coefficient (Wildman–Crippen LogP) is 0.675. The second kappa shape index (κ2) is 5.82. The van der Waals surface area contributed by atoms with Crippen molar-refractivity contribution in [2.45, 2.75) is 25.0 Å². The number of amides is 1. The molecule has 1 fully saturated rings. The van der Waals surface area contributed by atoms with Crippen molar-refractivity contribution in [2.75, 3.05) is 13.1 Å². The summed E-state index contributed by atoms with van der Waals surface area (Å²) in [6.07, 6.45) is 1.92. The van der Waals surface area contributed by atoms with Gasteiger partial charge in [0.1, 0.15) is 5.76 Å². The van der Waals surface area contributed by atoms with Crippen LogP contribution in [-0.2, 0) is 21.2 Å². The van der Waals surface area contributed by atoms with E-state index in [1.54, 1.807) is 19.1 Å². The Hall–Kier alpha value is -2.13. The second-order valence-electron chi connectivity index (χ2n) is 5.52. The average molecular weight is 339 g/mol. The molecule has 0 spiro atoms. The van der Waals surface area contributed by atoms with Gasteiger partial charge in [-0.15, -0.1) is 0 Å². The molecule has 124 valence electrons. The third-order valence-electron chi connectivity index (χ3n) is 3.91. The topological polar surface area (TPSA) is 120 Å². The number of nitrogens with two attached hydrogens (primary N) is 1. The number of nitrogens with zero attached hydrogens (tertiary/aromatic N) is 2.